The van der Waals surface area contributed by atoms with E-state index in [1.165, 1.54) is 16.9 Å². The number of pyridine rings is 1. The Morgan fingerprint density at radius 2 is 1.89 bits per heavy atom. The van der Waals surface area contributed by atoms with Crippen LogP contribution in [-0.2, 0) is 7.05 Å². The molecule has 0 amide bonds. The van der Waals surface area contributed by atoms with E-state index in [9.17, 15) is 0 Å². The summed E-state index contributed by atoms with van der Waals surface area (Å²) in [4.78, 5) is 4.39. The van der Waals surface area contributed by atoms with Crippen LogP contribution in [-0.4, -0.2) is 31.6 Å². The second kappa shape index (κ2) is 4.14. The number of aryl methyl sites for hydroxylation is 1. The van der Waals surface area contributed by atoms with Gasteiger partial charge in [-0.05, 0) is 0 Å². The Bertz CT molecular complexity index is 716. The predicted octanol–water partition coefficient (Wildman–Crippen LogP) is 0.476. The maximum atomic E-state index is 5.73. The molecule has 0 bridgehead atoms. The van der Waals surface area contributed by atoms with Crippen LogP contribution < -0.4 is 10.2 Å². The third kappa shape index (κ3) is 1.70. The second-order valence-electron chi connectivity index (χ2n) is 4.19. The Morgan fingerprint density at radius 1 is 1.17 bits per heavy atom. The maximum absolute atomic E-state index is 5.73. The fourth-order valence-corrected chi connectivity index (χ4v) is 3.07. The standard InChI is InChI=1S/C13H13AsN4/c1-18-13-11(12(14)17-18)10(6-7-16-13)8-2-4-9(15)5-3-8/h2-7H,14-15H2,1H3. The molecule has 1 atom stereocenters. The second-order valence-corrected chi connectivity index (χ2v) is 5.34. The van der Waals surface area contributed by atoms with Crippen molar-refractivity contribution >= 4 is 38.1 Å². The summed E-state index contributed by atoms with van der Waals surface area (Å²) in [6.07, 6.45) is 1.82. The number of aromatic nitrogens is 3. The van der Waals surface area contributed by atoms with Crippen molar-refractivity contribution in [3.05, 3.63) is 36.5 Å². The number of nitrogens with two attached hydrogens (primary N) is 1. The molecule has 4 nitrogen and oxygen atoms in total. The van der Waals surface area contributed by atoms with Crippen LogP contribution >= 0.6 is 0 Å². The number of hydrogen-bond donors (Lipinski definition) is 1. The van der Waals surface area contributed by atoms with Gasteiger partial charge in [-0.25, -0.2) is 0 Å². The Morgan fingerprint density at radius 3 is 2.61 bits per heavy atom. The van der Waals surface area contributed by atoms with Crippen molar-refractivity contribution in [1.29, 1.82) is 0 Å². The average molecular weight is 300 g/mol. The molecule has 1 aromatic carbocycles. The topological polar surface area (TPSA) is 56.7 Å². The van der Waals surface area contributed by atoms with Crippen LogP contribution in [0.15, 0.2) is 36.5 Å². The van der Waals surface area contributed by atoms with Crippen molar-refractivity contribution in [3.8, 4) is 11.1 Å². The van der Waals surface area contributed by atoms with Crippen LogP contribution in [0.4, 0.5) is 5.69 Å². The summed E-state index contributed by atoms with van der Waals surface area (Å²) in [6.45, 7) is 0. The van der Waals surface area contributed by atoms with Crippen molar-refractivity contribution < 1.29 is 0 Å². The molecule has 0 saturated carbocycles. The Labute approximate surface area is 113 Å². The first-order chi connectivity index (χ1) is 8.66. The van der Waals surface area contributed by atoms with Crippen LogP contribution in [0.1, 0.15) is 0 Å². The monoisotopic (exact) mass is 300 g/mol. The molecule has 0 aliphatic heterocycles. The quantitative estimate of drug-likeness (QED) is 0.525. The van der Waals surface area contributed by atoms with Crippen LogP contribution in [0.5, 0.6) is 0 Å². The first kappa shape index (κ1) is 11.3. The fourth-order valence-electron chi connectivity index (χ4n) is 2.11. The molecule has 1 unspecified atom stereocenters. The van der Waals surface area contributed by atoms with Crippen LogP contribution in [0.2, 0.25) is 0 Å². The zero-order chi connectivity index (χ0) is 12.7. The van der Waals surface area contributed by atoms with Crippen LogP contribution in [0.3, 0.4) is 0 Å². The molecule has 5 heteroatoms. The molecule has 0 spiro atoms. The number of anilines is 1. The summed E-state index contributed by atoms with van der Waals surface area (Å²) in [5, 5.41) is 5.58. The first-order valence-corrected chi connectivity index (χ1v) is 6.81. The van der Waals surface area contributed by atoms with E-state index in [1.54, 1.807) is 0 Å². The van der Waals surface area contributed by atoms with E-state index in [0.717, 1.165) is 32.3 Å². The van der Waals surface area contributed by atoms with Gasteiger partial charge in [-0.1, -0.05) is 0 Å². The van der Waals surface area contributed by atoms with E-state index in [1.807, 2.05) is 48.3 Å². The number of hydrogen-bond acceptors (Lipinski definition) is 3. The molecule has 0 fully saturated rings. The van der Waals surface area contributed by atoms with Gasteiger partial charge >= 0.3 is 113 Å². The Kier molecular flexibility index (Phi) is 2.60. The van der Waals surface area contributed by atoms with Gasteiger partial charge in [0.25, 0.3) is 0 Å². The van der Waals surface area contributed by atoms with E-state index < -0.39 is 0 Å². The minimum absolute atomic E-state index is 0.774. The third-order valence-electron chi connectivity index (χ3n) is 2.97. The number of nitrogen functional groups attached to an aromatic ring is 1. The predicted molar refractivity (Wildman–Crippen MR) is 76.5 cm³/mol. The van der Waals surface area contributed by atoms with Gasteiger partial charge in [-0.3, -0.25) is 0 Å². The van der Waals surface area contributed by atoms with Gasteiger partial charge in [-0.15, -0.1) is 0 Å². The SMILES string of the molecule is Cn1nc([AsH2])c2c(-c3ccc(N)cc3)ccnc21. The molecule has 0 radical (unpaired) electrons. The Balaban J connectivity index is 2.32. The van der Waals surface area contributed by atoms with Gasteiger partial charge in [0.15, 0.2) is 0 Å². The average Bonchev–Trinajstić information content (AvgIpc) is 2.66. The minimum atomic E-state index is 0.774. The molecule has 3 aromatic rings. The normalized spacial score (nSPS) is 11.0. The molecule has 90 valence electrons. The molecule has 3 rings (SSSR count). The molecule has 0 saturated heterocycles. The summed E-state index contributed by atoms with van der Waals surface area (Å²) in [7, 11) is 1.92. The number of fused-ring (bicyclic) bond motifs is 1. The van der Waals surface area contributed by atoms with Crippen molar-refractivity contribution in [2.45, 2.75) is 0 Å². The summed E-state index contributed by atoms with van der Waals surface area (Å²) < 4.78 is 2.88. The van der Waals surface area contributed by atoms with Crippen molar-refractivity contribution in [3.63, 3.8) is 0 Å². The fraction of sp³-hybridized carbons (Fsp3) is 0.0769. The van der Waals surface area contributed by atoms with E-state index in [2.05, 4.69) is 10.1 Å². The molecule has 2 aromatic heterocycles. The van der Waals surface area contributed by atoms with E-state index >= 15 is 0 Å². The van der Waals surface area contributed by atoms with Crippen LogP contribution in [0, 0.1) is 0 Å². The molecular formula is C13H13AsN4. The number of rotatable bonds is 1. The molecule has 18 heavy (non-hydrogen) atoms. The third-order valence-corrected chi connectivity index (χ3v) is 3.82. The first-order valence-electron chi connectivity index (χ1n) is 5.60. The van der Waals surface area contributed by atoms with E-state index in [4.69, 9.17) is 5.73 Å². The summed E-state index contributed by atoms with van der Waals surface area (Å²) in [5.41, 5.74) is 9.72. The van der Waals surface area contributed by atoms with Gasteiger partial charge in [-0.2, -0.15) is 0 Å². The zero-order valence-corrected chi connectivity index (χ0v) is 12.4. The summed E-state index contributed by atoms with van der Waals surface area (Å²) >= 11 is 1.51. The molecule has 2 heterocycles. The zero-order valence-electron chi connectivity index (χ0n) is 9.96. The van der Waals surface area contributed by atoms with Crippen molar-refractivity contribution in [2.75, 3.05) is 5.73 Å². The van der Waals surface area contributed by atoms with Gasteiger partial charge in [0.1, 0.15) is 0 Å². The molecule has 0 aliphatic carbocycles. The molecular weight excluding hydrogens is 287 g/mol. The summed E-state index contributed by atoms with van der Waals surface area (Å²) in [6, 6.07) is 9.92. The van der Waals surface area contributed by atoms with Gasteiger partial charge in [0.2, 0.25) is 0 Å². The molecule has 0 aliphatic rings. The van der Waals surface area contributed by atoms with E-state index in [-0.39, 0.29) is 0 Å². The van der Waals surface area contributed by atoms with Gasteiger partial charge in [0.05, 0.1) is 0 Å². The van der Waals surface area contributed by atoms with Gasteiger partial charge in [0, 0.05) is 0 Å². The molecule has 2 N–H and O–H groups in total. The number of benzene rings is 1. The Hall–Kier alpha value is -1.80. The summed E-state index contributed by atoms with van der Waals surface area (Å²) in [5.74, 6) is 0. The van der Waals surface area contributed by atoms with Crippen LogP contribution in [0.25, 0.3) is 22.2 Å². The van der Waals surface area contributed by atoms with E-state index in [0.29, 0.717) is 0 Å². The van der Waals surface area contributed by atoms with Crippen molar-refractivity contribution in [2.24, 2.45) is 7.05 Å². The van der Waals surface area contributed by atoms with Crippen molar-refractivity contribution in [1.82, 2.24) is 14.8 Å². The van der Waals surface area contributed by atoms with Gasteiger partial charge < -0.3 is 0 Å². The number of nitrogens with zero attached hydrogens (tertiary/aromatic N) is 3.